The number of para-hydroxylation sites is 2. The van der Waals surface area contributed by atoms with Gasteiger partial charge in [0.15, 0.2) is 0 Å². The number of fused-ring (bicyclic) bond motifs is 3. The molecule has 0 saturated heterocycles. The van der Waals surface area contributed by atoms with Gasteiger partial charge in [-0.2, -0.15) is 0 Å². The number of furan rings is 1. The first-order valence-electron chi connectivity index (χ1n) is 9.97. The van der Waals surface area contributed by atoms with Gasteiger partial charge in [-0.1, -0.05) is 41.9 Å². The molecule has 1 heterocycles. The molecule has 7 nitrogen and oxygen atoms in total. The molecule has 0 bridgehead atoms. The number of rotatable bonds is 7. The highest BCUT2D eigenvalue weighted by Gasteiger charge is 2.16. The summed E-state index contributed by atoms with van der Waals surface area (Å²) >= 11 is 6.06. The van der Waals surface area contributed by atoms with Crippen molar-refractivity contribution in [2.24, 2.45) is 0 Å². The zero-order valence-electron chi connectivity index (χ0n) is 17.6. The van der Waals surface area contributed by atoms with Gasteiger partial charge < -0.3 is 24.7 Å². The highest BCUT2D eigenvalue weighted by Crippen LogP contribution is 2.36. The molecule has 0 atom stereocenters. The summed E-state index contributed by atoms with van der Waals surface area (Å²) in [7, 11) is 3.14. The van der Waals surface area contributed by atoms with Crippen LogP contribution >= 0.6 is 11.6 Å². The number of nitrogens with one attached hydrogen (secondary N) is 2. The maximum Gasteiger partial charge on any atom is 0.244 e. The Kier molecular flexibility index (Phi) is 6.18. The normalized spacial score (nSPS) is 10.8. The third-order valence-electron chi connectivity index (χ3n) is 5.08. The first-order chi connectivity index (χ1) is 15.5. The van der Waals surface area contributed by atoms with Crippen LogP contribution in [0.5, 0.6) is 5.75 Å². The Bertz CT molecular complexity index is 1300. The van der Waals surface area contributed by atoms with Gasteiger partial charge in [-0.3, -0.25) is 9.59 Å². The Morgan fingerprint density at radius 2 is 1.75 bits per heavy atom. The fraction of sp³-hybridized carbons (Fsp3) is 0.167. The van der Waals surface area contributed by atoms with Gasteiger partial charge in [0.1, 0.15) is 16.9 Å². The van der Waals surface area contributed by atoms with Crippen LogP contribution in [-0.2, 0) is 9.59 Å². The summed E-state index contributed by atoms with van der Waals surface area (Å²) in [5.74, 6) is -0.00254. The van der Waals surface area contributed by atoms with Crippen molar-refractivity contribution in [3.63, 3.8) is 0 Å². The summed E-state index contributed by atoms with van der Waals surface area (Å²) in [6.45, 7) is -0.122. The van der Waals surface area contributed by atoms with Crippen LogP contribution in [0.1, 0.15) is 0 Å². The Labute approximate surface area is 189 Å². The van der Waals surface area contributed by atoms with E-state index in [2.05, 4.69) is 10.6 Å². The zero-order chi connectivity index (χ0) is 22.7. The molecule has 0 aliphatic rings. The lowest BCUT2D eigenvalue weighted by molar-refractivity contribution is -0.131. The van der Waals surface area contributed by atoms with E-state index in [1.165, 1.54) is 4.90 Å². The number of methoxy groups -OCH3 is 1. The van der Waals surface area contributed by atoms with Gasteiger partial charge >= 0.3 is 0 Å². The number of nitrogens with zero attached hydrogens (tertiary/aromatic N) is 1. The minimum absolute atomic E-state index is 0.0159. The standard InChI is InChI=1S/C24H22ClN3O4/c1-28(14-23(29)27-18-9-5-4-8-17(18)25)24(30)13-26-19-12-21-16(11-22(19)31-2)15-7-3-6-10-20(15)32-21/h3-12,26H,13-14H2,1-2H3,(H,27,29). The lowest BCUT2D eigenvalue weighted by Gasteiger charge is -2.18. The van der Waals surface area contributed by atoms with E-state index in [4.69, 9.17) is 20.8 Å². The molecule has 1 aromatic heterocycles. The number of carbonyl (C=O) groups excluding carboxylic acids is 2. The lowest BCUT2D eigenvalue weighted by Crippen LogP contribution is -2.38. The molecule has 4 aromatic rings. The average molecular weight is 452 g/mol. The third-order valence-corrected chi connectivity index (χ3v) is 5.41. The highest BCUT2D eigenvalue weighted by molar-refractivity contribution is 6.33. The second-order valence-corrected chi connectivity index (χ2v) is 7.69. The molecule has 0 unspecified atom stereocenters. The number of halogens is 1. The fourth-order valence-electron chi connectivity index (χ4n) is 3.42. The Morgan fingerprint density at radius 1 is 1.00 bits per heavy atom. The predicted molar refractivity (Wildman–Crippen MR) is 126 cm³/mol. The van der Waals surface area contributed by atoms with Crippen LogP contribution in [0.4, 0.5) is 11.4 Å². The van der Waals surface area contributed by atoms with Crippen LogP contribution in [0.3, 0.4) is 0 Å². The Hall–Kier alpha value is -3.71. The van der Waals surface area contributed by atoms with Crippen LogP contribution in [0.25, 0.3) is 21.9 Å². The number of carbonyl (C=O) groups is 2. The molecule has 2 amide bonds. The van der Waals surface area contributed by atoms with E-state index in [-0.39, 0.29) is 24.9 Å². The average Bonchev–Trinajstić information content (AvgIpc) is 3.15. The van der Waals surface area contributed by atoms with E-state index in [1.807, 2.05) is 36.4 Å². The van der Waals surface area contributed by atoms with Crippen molar-refractivity contribution in [1.29, 1.82) is 0 Å². The minimum atomic E-state index is -0.338. The summed E-state index contributed by atoms with van der Waals surface area (Å²) < 4.78 is 11.4. The highest BCUT2D eigenvalue weighted by atomic mass is 35.5. The van der Waals surface area contributed by atoms with Gasteiger partial charge in [-0.15, -0.1) is 0 Å². The molecule has 0 radical (unpaired) electrons. The monoisotopic (exact) mass is 451 g/mol. The SMILES string of the molecule is COc1cc2c(cc1NCC(=O)N(C)CC(=O)Nc1ccccc1Cl)oc1ccccc12. The fourth-order valence-corrected chi connectivity index (χ4v) is 3.60. The number of amides is 2. The zero-order valence-corrected chi connectivity index (χ0v) is 18.4. The van der Waals surface area contributed by atoms with Crippen molar-refractivity contribution < 1.29 is 18.7 Å². The summed E-state index contributed by atoms with van der Waals surface area (Å²) in [5, 5.41) is 8.15. The van der Waals surface area contributed by atoms with E-state index in [1.54, 1.807) is 38.4 Å². The molecule has 0 aliphatic heterocycles. The van der Waals surface area contributed by atoms with Crippen LogP contribution in [0.15, 0.2) is 65.1 Å². The molecule has 32 heavy (non-hydrogen) atoms. The van der Waals surface area contributed by atoms with Crippen LogP contribution in [0, 0.1) is 0 Å². The van der Waals surface area contributed by atoms with Gasteiger partial charge in [0.05, 0.1) is 36.6 Å². The Balaban J connectivity index is 1.42. The van der Waals surface area contributed by atoms with Gasteiger partial charge in [0, 0.05) is 23.9 Å². The first kappa shape index (κ1) is 21.5. The second-order valence-electron chi connectivity index (χ2n) is 7.28. The number of hydrogen-bond donors (Lipinski definition) is 2. The molecule has 0 aliphatic carbocycles. The van der Waals surface area contributed by atoms with Crippen molar-refractivity contribution >= 4 is 56.7 Å². The van der Waals surface area contributed by atoms with E-state index in [9.17, 15) is 9.59 Å². The van der Waals surface area contributed by atoms with E-state index >= 15 is 0 Å². The number of ether oxygens (including phenoxy) is 1. The quantitative estimate of drug-likeness (QED) is 0.423. The summed E-state index contributed by atoms with van der Waals surface area (Å²) in [6, 6.07) is 18.4. The molecular formula is C24H22ClN3O4. The van der Waals surface area contributed by atoms with Crippen molar-refractivity contribution in [3.8, 4) is 5.75 Å². The molecule has 0 spiro atoms. The van der Waals surface area contributed by atoms with Gasteiger partial charge in [-0.25, -0.2) is 0 Å². The molecule has 0 fully saturated rings. The Morgan fingerprint density at radius 3 is 2.53 bits per heavy atom. The third kappa shape index (κ3) is 4.48. The van der Waals surface area contributed by atoms with Crippen molar-refractivity contribution in [3.05, 3.63) is 65.7 Å². The summed E-state index contributed by atoms with van der Waals surface area (Å²) in [4.78, 5) is 26.2. The molecule has 164 valence electrons. The van der Waals surface area contributed by atoms with E-state index in [0.717, 1.165) is 16.4 Å². The molecule has 4 rings (SSSR count). The number of likely N-dealkylation sites (N-methyl/N-ethyl adjacent to an activating group) is 1. The maximum atomic E-state index is 12.6. The van der Waals surface area contributed by atoms with E-state index in [0.29, 0.717) is 27.7 Å². The predicted octanol–water partition coefficient (Wildman–Crippen LogP) is 4.76. The van der Waals surface area contributed by atoms with Crippen molar-refractivity contribution in [2.45, 2.75) is 0 Å². The topological polar surface area (TPSA) is 83.8 Å². The lowest BCUT2D eigenvalue weighted by atomic mass is 10.1. The van der Waals surface area contributed by atoms with Crippen molar-refractivity contribution in [1.82, 2.24) is 4.90 Å². The maximum absolute atomic E-state index is 12.6. The number of anilines is 2. The van der Waals surface area contributed by atoms with Crippen LogP contribution < -0.4 is 15.4 Å². The summed E-state index contributed by atoms with van der Waals surface area (Å²) in [5.41, 5.74) is 2.60. The van der Waals surface area contributed by atoms with Crippen LogP contribution in [0.2, 0.25) is 5.02 Å². The molecule has 0 saturated carbocycles. The van der Waals surface area contributed by atoms with Gasteiger partial charge in [-0.05, 0) is 24.3 Å². The summed E-state index contributed by atoms with van der Waals surface area (Å²) in [6.07, 6.45) is 0. The number of hydrogen-bond acceptors (Lipinski definition) is 5. The minimum Gasteiger partial charge on any atom is -0.495 e. The molecular weight excluding hydrogens is 430 g/mol. The number of benzene rings is 3. The van der Waals surface area contributed by atoms with E-state index < -0.39 is 0 Å². The molecule has 3 aromatic carbocycles. The van der Waals surface area contributed by atoms with Crippen molar-refractivity contribution in [2.75, 3.05) is 37.9 Å². The van der Waals surface area contributed by atoms with Gasteiger partial charge in [0.25, 0.3) is 0 Å². The largest absolute Gasteiger partial charge is 0.495 e. The van der Waals surface area contributed by atoms with Crippen LogP contribution in [-0.4, -0.2) is 44.0 Å². The first-order valence-corrected chi connectivity index (χ1v) is 10.4. The molecule has 2 N–H and O–H groups in total. The molecule has 8 heteroatoms. The smallest absolute Gasteiger partial charge is 0.244 e. The second kappa shape index (κ2) is 9.20. The van der Waals surface area contributed by atoms with Gasteiger partial charge in [0.2, 0.25) is 11.8 Å².